The molecule has 2 amide bonds. The van der Waals surface area contributed by atoms with Gasteiger partial charge >= 0.3 is 0 Å². The molecule has 1 aromatic rings. The predicted octanol–water partition coefficient (Wildman–Crippen LogP) is 3.16. The van der Waals surface area contributed by atoms with Gasteiger partial charge in [-0.15, -0.1) is 0 Å². The van der Waals surface area contributed by atoms with Gasteiger partial charge in [0, 0.05) is 26.1 Å². The highest BCUT2D eigenvalue weighted by Crippen LogP contribution is 2.17. The highest BCUT2D eigenvalue weighted by molar-refractivity contribution is 5.95. The Morgan fingerprint density at radius 3 is 2.30 bits per heavy atom. The van der Waals surface area contributed by atoms with E-state index in [4.69, 9.17) is 4.42 Å². The van der Waals surface area contributed by atoms with E-state index in [1.165, 1.54) is 0 Å². The highest BCUT2D eigenvalue weighted by atomic mass is 16.3. The number of nitrogens with one attached hydrogen (secondary N) is 1. The van der Waals surface area contributed by atoms with E-state index in [9.17, 15) is 9.59 Å². The van der Waals surface area contributed by atoms with E-state index in [1.54, 1.807) is 17.9 Å². The van der Waals surface area contributed by atoms with Gasteiger partial charge in [0.15, 0.2) is 0 Å². The van der Waals surface area contributed by atoms with E-state index in [2.05, 4.69) is 33.0 Å². The number of carbonyl (C=O) groups excluding carboxylic acids is 2. The fourth-order valence-corrected chi connectivity index (χ4v) is 2.37. The zero-order valence-corrected chi connectivity index (χ0v) is 15.2. The lowest BCUT2D eigenvalue weighted by molar-refractivity contribution is -0.121. The average molecular weight is 322 g/mol. The molecule has 1 aromatic heterocycles. The van der Waals surface area contributed by atoms with E-state index in [0.29, 0.717) is 49.2 Å². The van der Waals surface area contributed by atoms with Crippen LogP contribution in [-0.4, -0.2) is 36.3 Å². The van der Waals surface area contributed by atoms with Crippen LogP contribution < -0.4 is 5.32 Å². The maximum Gasteiger partial charge on any atom is 0.257 e. The summed E-state index contributed by atoms with van der Waals surface area (Å²) in [5.41, 5.74) is 0.589. The van der Waals surface area contributed by atoms with Gasteiger partial charge in [0.25, 0.3) is 5.91 Å². The van der Waals surface area contributed by atoms with Crippen LogP contribution in [0.25, 0.3) is 0 Å². The van der Waals surface area contributed by atoms with Crippen molar-refractivity contribution < 1.29 is 14.0 Å². The number of hydrogen-bond acceptors (Lipinski definition) is 3. The third-order valence-electron chi connectivity index (χ3n) is 3.46. The topological polar surface area (TPSA) is 62.6 Å². The summed E-state index contributed by atoms with van der Waals surface area (Å²) in [6, 6.07) is 1.77. The molecule has 5 nitrogen and oxygen atoms in total. The molecule has 0 aliphatic heterocycles. The standard InChI is InChI=1S/C18H30N2O3/c1-12(2)10-19-17(21)7-8-20(11-13(3)4)18(22)16-9-14(5)23-15(16)6/h9,12-13H,7-8,10-11H2,1-6H3,(H,19,21). The van der Waals surface area contributed by atoms with Crippen molar-refractivity contribution in [3.05, 3.63) is 23.2 Å². The normalized spacial score (nSPS) is 11.1. The van der Waals surface area contributed by atoms with Gasteiger partial charge in [0.2, 0.25) is 5.91 Å². The smallest absolute Gasteiger partial charge is 0.257 e. The fraction of sp³-hybridized carbons (Fsp3) is 0.667. The van der Waals surface area contributed by atoms with Gasteiger partial charge in [0.1, 0.15) is 11.5 Å². The van der Waals surface area contributed by atoms with E-state index >= 15 is 0 Å². The van der Waals surface area contributed by atoms with Crippen molar-refractivity contribution in [3.8, 4) is 0 Å². The van der Waals surface area contributed by atoms with Crippen LogP contribution in [0.4, 0.5) is 0 Å². The van der Waals surface area contributed by atoms with Gasteiger partial charge in [-0.2, -0.15) is 0 Å². The quantitative estimate of drug-likeness (QED) is 0.799. The van der Waals surface area contributed by atoms with Crippen molar-refractivity contribution in [1.29, 1.82) is 0 Å². The number of hydrogen-bond donors (Lipinski definition) is 1. The van der Waals surface area contributed by atoms with Crippen LogP contribution in [0.15, 0.2) is 10.5 Å². The minimum atomic E-state index is -0.0651. The Bertz CT molecular complexity index is 532. The van der Waals surface area contributed by atoms with Gasteiger partial charge in [0.05, 0.1) is 5.56 Å². The van der Waals surface area contributed by atoms with Crippen molar-refractivity contribution >= 4 is 11.8 Å². The molecule has 1 N–H and O–H groups in total. The summed E-state index contributed by atoms with van der Waals surface area (Å²) in [4.78, 5) is 26.4. The molecule has 0 aromatic carbocycles. The van der Waals surface area contributed by atoms with Crippen molar-refractivity contribution in [1.82, 2.24) is 10.2 Å². The van der Waals surface area contributed by atoms with Crippen LogP contribution in [0.1, 0.15) is 56.0 Å². The van der Waals surface area contributed by atoms with Gasteiger partial charge in [-0.25, -0.2) is 0 Å². The van der Waals surface area contributed by atoms with Crippen molar-refractivity contribution in [2.45, 2.75) is 48.0 Å². The highest BCUT2D eigenvalue weighted by Gasteiger charge is 2.21. The molecule has 23 heavy (non-hydrogen) atoms. The molecule has 0 bridgehead atoms. The maximum absolute atomic E-state index is 12.7. The van der Waals surface area contributed by atoms with Gasteiger partial charge in [-0.1, -0.05) is 27.7 Å². The Morgan fingerprint density at radius 1 is 1.17 bits per heavy atom. The fourth-order valence-electron chi connectivity index (χ4n) is 2.37. The lowest BCUT2D eigenvalue weighted by Crippen LogP contribution is -2.38. The molecule has 0 saturated heterocycles. The van der Waals surface area contributed by atoms with E-state index < -0.39 is 0 Å². The molecule has 0 atom stereocenters. The zero-order valence-electron chi connectivity index (χ0n) is 15.2. The Morgan fingerprint density at radius 2 is 1.83 bits per heavy atom. The molecule has 1 rings (SSSR count). The molecule has 0 saturated carbocycles. The number of nitrogens with zero attached hydrogens (tertiary/aromatic N) is 1. The van der Waals surface area contributed by atoms with Crippen LogP contribution in [0.2, 0.25) is 0 Å². The zero-order chi connectivity index (χ0) is 17.6. The lowest BCUT2D eigenvalue weighted by atomic mass is 10.1. The van der Waals surface area contributed by atoms with Gasteiger partial charge in [-0.3, -0.25) is 9.59 Å². The monoisotopic (exact) mass is 322 g/mol. The molecule has 0 aliphatic carbocycles. The van der Waals surface area contributed by atoms with Crippen molar-refractivity contribution in [3.63, 3.8) is 0 Å². The third kappa shape index (κ3) is 6.47. The second-order valence-electron chi connectivity index (χ2n) is 6.92. The predicted molar refractivity (Wildman–Crippen MR) is 91.4 cm³/mol. The van der Waals surface area contributed by atoms with Crippen LogP contribution in [0.3, 0.4) is 0 Å². The second kappa shape index (κ2) is 8.75. The van der Waals surface area contributed by atoms with E-state index in [1.807, 2.05) is 6.92 Å². The van der Waals surface area contributed by atoms with Crippen LogP contribution in [-0.2, 0) is 4.79 Å². The number of aryl methyl sites for hydroxylation is 2. The first kappa shape index (κ1) is 19.3. The molecule has 0 radical (unpaired) electrons. The van der Waals surface area contributed by atoms with Gasteiger partial charge < -0.3 is 14.6 Å². The maximum atomic E-state index is 12.7. The molecule has 1 heterocycles. The summed E-state index contributed by atoms with van der Waals surface area (Å²) in [5.74, 6) is 2.04. The largest absolute Gasteiger partial charge is 0.466 e. The van der Waals surface area contributed by atoms with Crippen LogP contribution in [0.5, 0.6) is 0 Å². The first-order valence-corrected chi connectivity index (χ1v) is 8.33. The van der Waals surface area contributed by atoms with Crippen LogP contribution in [0, 0.1) is 25.7 Å². The number of rotatable bonds is 8. The molecule has 0 unspecified atom stereocenters. The second-order valence-corrected chi connectivity index (χ2v) is 6.92. The Balaban J connectivity index is 2.70. The number of carbonyl (C=O) groups is 2. The van der Waals surface area contributed by atoms with Crippen LogP contribution >= 0.6 is 0 Å². The summed E-state index contributed by atoms with van der Waals surface area (Å²) in [5, 5.41) is 2.89. The molecule has 5 heteroatoms. The lowest BCUT2D eigenvalue weighted by Gasteiger charge is -2.24. The summed E-state index contributed by atoms with van der Waals surface area (Å²) in [6.07, 6.45) is 0.320. The van der Waals surface area contributed by atoms with E-state index in [-0.39, 0.29) is 11.8 Å². The molecular formula is C18H30N2O3. The van der Waals surface area contributed by atoms with Gasteiger partial charge in [-0.05, 0) is 31.7 Å². The summed E-state index contributed by atoms with van der Waals surface area (Å²) in [6.45, 7) is 13.6. The molecular weight excluding hydrogens is 292 g/mol. The van der Waals surface area contributed by atoms with Crippen molar-refractivity contribution in [2.24, 2.45) is 11.8 Å². The molecule has 0 spiro atoms. The average Bonchev–Trinajstić information content (AvgIpc) is 2.78. The molecule has 130 valence electrons. The molecule has 0 fully saturated rings. The first-order chi connectivity index (χ1) is 10.7. The Kier molecular flexibility index (Phi) is 7.33. The third-order valence-corrected chi connectivity index (χ3v) is 3.46. The molecule has 0 aliphatic rings. The summed E-state index contributed by atoms with van der Waals surface area (Å²) < 4.78 is 5.45. The SMILES string of the molecule is Cc1cc(C(=O)N(CCC(=O)NCC(C)C)CC(C)C)c(C)o1. The minimum absolute atomic E-state index is 0.0136. The Hall–Kier alpha value is -1.78. The van der Waals surface area contributed by atoms with Crippen molar-refractivity contribution in [2.75, 3.05) is 19.6 Å². The number of amides is 2. The van der Waals surface area contributed by atoms with E-state index in [0.717, 1.165) is 5.76 Å². The Labute approximate surface area is 139 Å². The first-order valence-electron chi connectivity index (χ1n) is 8.33. The summed E-state index contributed by atoms with van der Waals surface area (Å²) in [7, 11) is 0. The summed E-state index contributed by atoms with van der Waals surface area (Å²) >= 11 is 0. The minimum Gasteiger partial charge on any atom is -0.466 e. The number of furan rings is 1.